The highest BCUT2D eigenvalue weighted by molar-refractivity contribution is 6.11. The van der Waals surface area contributed by atoms with Crippen molar-refractivity contribution in [3.05, 3.63) is 89.2 Å². The van der Waals surface area contributed by atoms with Gasteiger partial charge in [-0.15, -0.1) is 0 Å². The minimum atomic E-state index is -0.220. The molecule has 0 aliphatic rings. The molecular formula is C26H23NO5. The molecule has 1 heterocycles. The lowest BCUT2D eigenvalue weighted by molar-refractivity contribution is -0.115. The SMILES string of the molecule is COc1ccc(CC(=O)Nc2ccc3oc(C(=O)c4cccc(OC)c4)c(C)c3c2)cc1. The summed E-state index contributed by atoms with van der Waals surface area (Å²) in [5.74, 6) is 1.27. The van der Waals surface area contributed by atoms with Crippen LogP contribution >= 0.6 is 0 Å². The number of hydrogen-bond acceptors (Lipinski definition) is 5. The van der Waals surface area contributed by atoms with Crippen molar-refractivity contribution in [1.82, 2.24) is 0 Å². The number of carbonyl (C=O) groups is 2. The molecule has 0 unspecified atom stereocenters. The molecule has 32 heavy (non-hydrogen) atoms. The van der Waals surface area contributed by atoms with Gasteiger partial charge in [0.1, 0.15) is 17.1 Å². The van der Waals surface area contributed by atoms with Crippen LogP contribution in [-0.2, 0) is 11.2 Å². The lowest BCUT2D eigenvalue weighted by Crippen LogP contribution is -2.14. The summed E-state index contributed by atoms with van der Waals surface area (Å²) in [5.41, 5.74) is 3.32. The van der Waals surface area contributed by atoms with Crippen LogP contribution < -0.4 is 14.8 Å². The van der Waals surface area contributed by atoms with Crippen molar-refractivity contribution in [3.63, 3.8) is 0 Å². The van der Waals surface area contributed by atoms with E-state index in [1.54, 1.807) is 50.6 Å². The summed E-state index contributed by atoms with van der Waals surface area (Å²) in [4.78, 5) is 25.5. The summed E-state index contributed by atoms with van der Waals surface area (Å²) in [6, 6.07) is 19.7. The van der Waals surface area contributed by atoms with Gasteiger partial charge < -0.3 is 19.2 Å². The molecule has 0 atom stereocenters. The van der Waals surface area contributed by atoms with E-state index in [0.717, 1.165) is 22.3 Å². The van der Waals surface area contributed by atoms with E-state index in [-0.39, 0.29) is 23.9 Å². The summed E-state index contributed by atoms with van der Waals surface area (Å²) in [7, 11) is 3.16. The number of benzene rings is 3. The quantitative estimate of drug-likeness (QED) is 0.410. The second-order valence-corrected chi connectivity index (χ2v) is 7.40. The molecule has 1 N–H and O–H groups in total. The third-order valence-corrected chi connectivity index (χ3v) is 5.28. The van der Waals surface area contributed by atoms with Crippen LogP contribution in [0.25, 0.3) is 11.0 Å². The third-order valence-electron chi connectivity index (χ3n) is 5.28. The van der Waals surface area contributed by atoms with E-state index in [4.69, 9.17) is 13.9 Å². The smallest absolute Gasteiger partial charge is 0.228 e. The van der Waals surface area contributed by atoms with Gasteiger partial charge in [0.05, 0.1) is 20.6 Å². The zero-order valence-electron chi connectivity index (χ0n) is 18.1. The van der Waals surface area contributed by atoms with Crippen LogP contribution in [0.15, 0.2) is 71.1 Å². The third kappa shape index (κ3) is 4.34. The number of ether oxygens (including phenoxy) is 2. The molecule has 0 aliphatic heterocycles. The van der Waals surface area contributed by atoms with Crippen molar-refractivity contribution in [2.24, 2.45) is 0 Å². The number of anilines is 1. The first kappa shape index (κ1) is 21.2. The number of ketones is 1. The van der Waals surface area contributed by atoms with Gasteiger partial charge in [-0.25, -0.2) is 0 Å². The number of nitrogens with one attached hydrogen (secondary N) is 1. The van der Waals surface area contributed by atoms with Gasteiger partial charge >= 0.3 is 0 Å². The Balaban J connectivity index is 1.54. The predicted octanol–water partition coefficient (Wildman–Crippen LogP) is 5.17. The molecule has 6 nitrogen and oxygen atoms in total. The maximum atomic E-state index is 13.0. The van der Waals surface area contributed by atoms with Gasteiger partial charge in [-0.05, 0) is 55.0 Å². The normalized spacial score (nSPS) is 10.7. The summed E-state index contributed by atoms with van der Waals surface area (Å²) < 4.78 is 16.2. The van der Waals surface area contributed by atoms with Crippen LogP contribution in [0, 0.1) is 6.92 Å². The Hall–Kier alpha value is -4.06. The summed E-state index contributed by atoms with van der Waals surface area (Å²) >= 11 is 0. The molecule has 0 fully saturated rings. The van der Waals surface area contributed by atoms with Gasteiger partial charge in [0, 0.05) is 22.2 Å². The zero-order chi connectivity index (χ0) is 22.7. The first-order valence-electron chi connectivity index (χ1n) is 10.1. The monoisotopic (exact) mass is 429 g/mol. The molecule has 0 saturated heterocycles. The Labute approximate surface area is 185 Å². The Morgan fingerprint density at radius 3 is 2.38 bits per heavy atom. The van der Waals surface area contributed by atoms with Crippen LogP contribution in [-0.4, -0.2) is 25.9 Å². The van der Waals surface area contributed by atoms with E-state index < -0.39 is 0 Å². The van der Waals surface area contributed by atoms with Crippen LogP contribution in [0.2, 0.25) is 0 Å². The van der Waals surface area contributed by atoms with Crippen LogP contribution in [0.4, 0.5) is 5.69 Å². The van der Waals surface area contributed by atoms with Crippen molar-refractivity contribution in [1.29, 1.82) is 0 Å². The molecule has 1 amide bonds. The second-order valence-electron chi connectivity index (χ2n) is 7.40. The van der Waals surface area contributed by atoms with Crippen LogP contribution in [0.1, 0.15) is 27.2 Å². The number of amides is 1. The van der Waals surface area contributed by atoms with Gasteiger partial charge in [-0.3, -0.25) is 9.59 Å². The van der Waals surface area contributed by atoms with Crippen molar-refractivity contribution in [3.8, 4) is 11.5 Å². The van der Waals surface area contributed by atoms with Crippen LogP contribution in [0.3, 0.4) is 0 Å². The molecule has 0 radical (unpaired) electrons. The number of rotatable bonds is 7. The molecule has 3 aromatic carbocycles. The Bertz CT molecular complexity index is 1290. The van der Waals surface area contributed by atoms with Gasteiger partial charge in [-0.1, -0.05) is 24.3 Å². The highest BCUT2D eigenvalue weighted by Crippen LogP contribution is 2.30. The number of methoxy groups -OCH3 is 2. The van der Waals surface area contributed by atoms with E-state index in [0.29, 0.717) is 22.6 Å². The average Bonchev–Trinajstić information content (AvgIpc) is 3.15. The first-order valence-corrected chi connectivity index (χ1v) is 10.1. The fraction of sp³-hybridized carbons (Fsp3) is 0.154. The molecule has 0 aliphatic carbocycles. The standard InChI is InChI=1S/C26H23NO5/c1-16-22-15-19(27-24(28)13-17-7-10-20(30-2)11-8-17)9-12-23(22)32-26(16)25(29)18-5-4-6-21(14-18)31-3/h4-12,14-15H,13H2,1-3H3,(H,27,28). The molecular weight excluding hydrogens is 406 g/mol. The fourth-order valence-corrected chi connectivity index (χ4v) is 3.54. The highest BCUT2D eigenvalue weighted by Gasteiger charge is 2.20. The maximum absolute atomic E-state index is 13.0. The van der Waals surface area contributed by atoms with Crippen molar-refractivity contribution in [2.75, 3.05) is 19.5 Å². The molecule has 0 saturated carbocycles. The maximum Gasteiger partial charge on any atom is 0.228 e. The highest BCUT2D eigenvalue weighted by atomic mass is 16.5. The molecule has 6 heteroatoms. The largest absolute Gasteiger partial charge is 0.497 e. The zero-order valence-corrected chi connectivity index (χ0v) is 18.1. The topological polar surface area (TPSA) is 77.8 Å². The Kier molecular flexibility index (Phi) is 5.94. The van der Waals surface area contributed by atoms with E-state index in [1.807, 2.05) is 37.3 Å². The molecule has 0 bridgehead atoms. The van der Waals surface area contributed by atoms with Gasteiger partial charge in [0.25, 0.3) is 0 Å². The van der Waals surface area contributed by atoms with E-state index in [9.17, 15) is 9.59 Å². The molecule has 4 aromatic rings. The van der Waals surface area contributed by atoms with E-state index in [1.165, 1.54) is 0 Å². The van der Waals surface area contributed by atoms with E-state index in [2.05, 4.69) is 5.32 Å². The van der Waals surface area contributed by atoms with Gasteiger partial charge in [-0.2, -0.15) is 0 Å². The van der Waals surface area contributed by atoms with Crippen molar-refractivity contribution >= 4 is 28.3 Å². The summed E-state index contributed by atoms with van der Waals surface area (Å²) in [6.45, 7) is 1.84. The Morgan fingerprint density at radius 1 is 0.906 bits per heavy atom. The first-order chi connectivity index (χ1) is 15.5. The number of aryl methyl sites for hydroxylation is 1. The lowest BCUT2D eigenvalue weighted by atomic mass is 10.0. The lowest BCUT2D eigenvalue weighted by Gasteiger charge is -2.06. The summed E-state index contributed by atoms with van der Waals surface area (Å²) in [5, 5.41) is 3.69. The van der Waals surface area contributed by atoms with Crippen molar-refractivity contribution in [2.45, 2.75) is 13.3 Å². The van der Waals surface area contributed by atoms with Gasteiger partial charge in [0.15, 0.2) is 5.76 Å². The van der Waals surface area contributed by atoms with Gasteiger partial charge in [0.2, 0.25) is 11.7 Å². The molecule has 162 valence electrons. The van der Waals surface area contributed by atoms with Crippen LogP contribution in [0.5, 0.6) is 11.5 Å². The number of fused-ring (bicyclic) bond motifs is 1. The predicted molar refractivity (Wildman–Crippen MR) is 123 cm³/mol. The minimum Gasteiger partial charge on any atom is -0.497 e. The number of hydrogen-bond donors (Lipinski definition) is 1. The number of carbonyl (C=O) groups excluding carboxylic acids is 2. The number of furan rings is 1. The van der Waals surface area contributed by atoms with E-state index >= 15 is 0 Å². The fourth-order valence-electron chi connectivity index (χ4n) is 3.54. The minimum absolute atomic E-state index is 0.136. The summed E-state index contributed by atoms with van der Waals surface area (Å²) in [6.07, 6.45) is 0.242. The average molecular weight is 429 g/mol. The molecule has 1 aromatic heterocycles. The second kappa shape index (κ2) is 8.98. The Morgan fingerprint density at radius 2 is 1.66 bits per heavy atom. The van der Waals surface area contributed by atoms with Crippen molar-refractivity contribution < 1.29 is 23.5 Å². The molecule has 4 rings (SSSR count). The molecule has 0 spiro atoms.